The van der Waals surface area contributed by atoms with Gasteiger partial charge in [-0.25, -0.2) is 8.42 Å². The van der Waals surface area contributed by atoms with Crippen molar-refractivity contribution in [2.75, 3.05) is 13.1 Å². The van der Waals surface area contributed by atoms with E-state index in [1.54, 1.807) is 0 Å². The second kappa shape index (κ2) is 7.40. The number of hydrogen-bond donors (Lipinski definition) is 0. The van der Waals surface area contributed by atoms with E-state index in [1.165, 1.54) is 16.4 Å². The fourth-order valence-electron chi connectivity index (χ4n) is 3.07. The predicted octanol–water partition coefficient (Wildman–Crippen LogP) is 3.57. The highest BCUT2D eigenvalue weighted by atomic mass is 32.2. The summed E-state index contributed by atoms with van der Waals surface area (Å²) in [5, 5.41) is 3.88. The van der Waals surface area contributed by atoms with E-state index in [2.05, 4.69) is 10.1 Å². The normalized spacial score (nSPS) is 15.4. The first-order chi connectivity index (χ1) is 13.4. The van der Waals surface area contributed by atoms with Crippen molar-refractivity contribution in [3.63, 3.8) is 0 Å². The Balaban J connectivity index is 1.62. The quantitative estimate of drug-likeness (QED) is 0.620. The van der Waals surface area contributed by atoms with E-state index in [1.807, 2.05) is 38.1 Å². The first kappa shape index (κ1) is 18.7. The van der Waals surface area contributed by atoms with Crippen molar-refractivity contribution in [2.24, 2.45) is 0 Å². The van der Waals surface area contributed by atoms with Crippen LogP contribution in [0.4, 0.5) is 0 Å². The third-order valence-electron chi connectivity index (χ3n) is 4.37. The van der Waals surface area contributed by atoms with Crippen molar-refractivity contribution >= 4 is 10.0 Å². The number of aromatic nitrogens is 2. The maximum absolute atomic E-state index is 12.6. The number of para-hydroxylation sites is 1. The molecule has 28 heavy (non-hydrogen) atoms. The molecule has 0 aliphatic carbocycles. The predicted molar refractivity (Wildman–Crippen MR) is 101 cm³/mol. The van der Waals surface area contributed by atoms with Gasteiger partial charge in [0.2, 0.25) is 10.9 Å². The van der Waals surface area contributed by atoms with Crippen molar-refractivity contribution in [1.82, 2.24) is 14.4 Å². The van der Waals surface area contributed by atoms with Crippen LogP contribution in [0.15, 0.2) is 50.4 Å². The summed E-state index contributed by atoms with van der Waals surface area (Å²) in [6, 6.07) is 10.3. The van der Waals surface area contributed by atoms with Gasteiger partial charge in [-0.2, -0.15) is 9.29 Å². The number of sulfonamides is 1. The lowest BCUT2D eigenvalue weighted by molar-refractivity contribution is 0.243. The van der Waals surface area contributed by atoms with Crippen LogP contribution in [0.3, 0.4) is 0 Å². The second-order valence-corrected chi connectivity index (χ2v) is 8.68. The standard InChI is InChI=1S/C19H21N3O5S/c1-13(2)25-15-8-4-3-7-14(15)18-20-19(27-21-18)16-9-10-17(26-16)28(23,24)22-11-5-6-12-22/h3-4,7-10,13H,5-6,11-12H2,1-2H3. The molecule has 3 heterocycles. The third-order valence-corrected chi connectivity index (χ3v) is 6.14. The first-order valence-electron chi connectivity index (χ1n) is 9.15. The van der Waals surface area contributed by atoms with E-state index < -0.39 is 10.0 Å². The number of ether oxygens (including phenoxy) is 1. The summed E-state index contributed by atoms with van der Waals surface area (Å²) in [6.45, 7) is 4.89. The lowest BCUT2D eigenvalue weighted by Gasteiger charge is -2.12. The number of nitrogens with zero attached hydrogens (tertiary/aromatic N) is 3. The average molecular weight is 403 g/mol. The molecule has 8 nitrogen and oxygen atoms in total. The van der Waals surface area contributed by atoms with Gasteiger partial charge >= 0.3 is 0 Å². The number of benzene rings is 1. The van der Waals surface area contributed by atoms with E-state index in [0.29, 0.717) is 30.2 Å². The molecule has 1 fully saturated rings. The van der Waals surface area contributed by atoms with E-state index >= 15 is 0 Å². The summed E-state index contributed by atoms with van der Waals surface area (Å²) in [7, 11) is -3.63. The highest BCUT2D eigenvalue weighted by Gasteiger charge is 2.30. The van der Waals surface area contributed by atoms with Gasteiger partial charge in [0.25, 0.3) is 15.9 Å². The van der Waals surface area contributed by atoms with Crippen molar-refractivity contribution in [2.45, 2.75) is 37.9 Å². The fourth-order valence-corrected chi connectivity index (χ4v) is 4.50. The molecular formula is C19H21N3O5S. The van der Waals surface area contributed by atoms with Crippen LogP contribution in [-0.2, 0) is 10.0 Å². The molecule has 0 radical (unpaired) electrons. The fraction of sp³-hybridized carbons (Fsp3) is 0.368. The molecule has 1 aliphatic rings. The molecule has 9 heteroatoms. The molecular weight excluding hydrogens is 382 g/mol. The monoisotopic (exact) mass is 403 g/mol. The first-order valence-corrected chi connectivity index (χ1v) is 10.6. The van der Waals surface area contributed by atoms with Crippen LogP contribution in [0.25, 0.3) is 23.0 Å². The average Bonchev–Trinajstić information content (AvgIpc) is 3.41. The van der Waals surface area contributed by atoms with Crippen LogP contribution < -0.4 is 4.74 Å². The topological polar surface area (TPSA) is 98.7 Å². The Morgan fingerprint density at radius 1 is 1.11 bits per heavy atom. The summed E-state index contributed by atoms with van der Waals surface area (Å²) >= 11 is 0. The number of furan rings is 1. The van der Waals surface area contributed by atoms with Crippen LogP contribution in [-0.4, -0.2) is 42.1 Å². The van der Waals surface area contributed by atoms with Gasteiger partial charge in [0.1, 0.15) is 5.75 Å². The second-order valence-electron chi connectivity index (χ2n) is 6.82. The number of hydrogen-bond acceptors (Lipinski definition) is 7. The molecule has 1 saturated heterocycles. The van der Waals surface area contributed by atoms with Crippen molar-refractivity contribution < 1.29 is 22.1 Å². The highest BCUT2D eigenvalue weighted by Crippen LogP contribution is 2.32. The van der Waals surface area contributed by atoms with Gasteiger partial charge in [0.15, 0.2) is 5.76 Å². The number of rotatable bonds is 6. The molecule has 0 spiro atoms. The highest BCUT2D eigenvalue weighted by molar-refractivity contribution is 7.89. The van der Waals surface area contributed by atoms with Crippen molar-refractivity contribution in [3.8, 4) is 28.8 Å². The van der Waals surface area contributed by atoms with Gasteiger partial charge in [-0.15, -0.1) is 0 Å². The molecule has 0 saturated carbocycles. The van der Waals surface area contributed by atoms with E-state index in [0.717, 1.165) is 12.8 Å². The largest absolute Gasteiger partial charge is 0.490 e. The van der Waals surface area contributed by atoms with Crippen LogP contribution in [0.5, 0.6) is 5.75 Å². The van der Waals surface area contributed by atoms with Crippen LogP contribution >= 0.6 is 0 Å². The van der Waals surface area contributed by atoms with E-state index in [4.69, 9.17) is 13.7 Å². The summed E-state index contributed by atoms with van der Waals surface area (Å²) < 4.78 is 43.3. The Hall–Kier alpha value is -2.65. The molecule has 0 unspecified atom stereocenters. The van der Waals surface area contributed by atoms with Gasteiger partial charge < -0.3 is 13.7 Å². The van der Waals surface area contributed by atoms with Gasteiger partial charge in [-0.1, -0.05) is 17.3 Å². The lowest BCUT2D eigenvalue weighted by atomic mass is 10.2. The smallest absolute Gasteiger partial charge is 0.294 e. The Bertz CT molecular complexity index is 1060. The van der Waals surface area contributed by atoms with Gasteiger partial charge in [-0.3, -0.25) is 0 Å². The lowest BCUT2D eigenvalue weighted by Crippen LogP contribution is -2.27. The minimum atomic E-state index is -3.63. The van der Waals surface area contributed by atoms with Gasteiger partial charge in [0, 0.05) is 13.1 Å². The van der Waals surface area contributed by atoms with Crippen molar-refractivity contribution in [1.29, 1.82) is 0 Å². The maximum atomic E-state index is 12.6. The Morgan fingerprint density at radius 2 is 1.86 bits per heavy atom. The van der Waals surface area contributed by atoms with Gasteiger partial charge in [-0.05, 0) is 51.0 Å². The van der Waals surface area contributed by atoms with Crippen LogP contribution in [0.2, 0.25) is 0 Å². The zero-order valence-electron chi connectivity index (χ0n) is 15.7. The van der Waals surface area contributed by atoms with E-state index in [9.17, 15) is 8.42 Å². The summed E-state index contributed by atoms with van der Waals surface area (Å²) in [5.41, 5.74) is 0.683. The minimum Gasteiger partial charge on any atom is -0.490 e. The zero-order chi connectivity index (χ0) is 19.7. The molecule has 0 N–H and O–H groups in total. The molecule has 1 aliphatic heterocycles. The van der Waals surface area contributed by atoms with Gasteiger partial charge in [0.05, 0.1) is 11.7 Å². The molecule has 1 aromatic carbocycles. The summed E-state index contributed by atoms with van der Waals surface area (Å²) in [6.07, 6.45) is 1.71. The molecule has 148 valence electrons. The Kier molecular flexibility index (Phi) is 4.94. The van der Waals surface area contributed by atoms with Crippen LogP contribution in [0.1, 0.15) is 26.7 Å². The molecule has 0 atom stereocenters. The zero-order valence-corrected chi connectivity index (χ0v) is 16.5. The molecule has 0 amide bonds. The molecule has 0 bridgehead atoms. The molecule has 4 rings (SSSR count). The molecule has 2 aromatic heterocycles. The Morgan fingerprint density at radius 3 is 2.61 bits per heavy atom. The maximum Gasteiger partial charge on any atom is 0.294 e. The SMILES string of the molecule is CC(C)Oc1ccccc1-c1noc(-c2ccc(S(=O)(=O)N3CCCC3)o2)n1. The minimum absolute atomic E-state index is 0.00375. The summed E-state index contributed by atoms with van der Waals surface area (Å²) in [5.74, 6) is 1.30. The summed E-state index contributed by atoms with van der Waals surface area (Å²) in [4.78, 5) is 4.35. The Labute approximate surface area is 163 Å². The van der Waals surface area contributed by atoms with E-state index in [-0.39, 0.29) is 22.8 Å². The van der Waals surface area contributed by atoms with Crippen molar-refractivity contribution in [3.05, 3.63) is 36.4 Å². The third kappa shape index (κ3) is 3.55. The van der Waals surface area contributed by atoms with Crippen LogP contribution in [0, 0.1) is 0 Å². The molecule has 3 aromatic rings.